The largest absolute Gasteiger partial charge is 0.494 e. The molecule has 0 aliphatic carbocycles. The van der Waals surface area contributed by atoms with Crippen LogP contribution in [0.1, 0.15) is 23.0 Å². The van der Waals surface area contributed by atoms with Crippen LogP contribution in [-0.2, 0) is 21.4 Å². The van der Waals surface area contributed by atoms with Crippen LogP contribution in [0, 0.1) is 0 Å². The summed E-state index contributed by atoms with van der Waals surface area (Å²) in [6, 6.07) is 21.6. The fourth-order valence-electron chi connectivity index (χ4n) is 3.14. The number of carbonyl (C=O) groups is 1. The topological polar surface area (TPSA) is 108 Å². The van der Waals surface area contributed by atoms with E-state index in [9.17, 15) is 13.2 Å². The second-order valence-corrected chi connectivity index (χ2v) is 8.82. The molecule has 4 aromatic rings. The van der Waals surface area contributed by atoms with Crippen molar-refractivity contribution in [3.05, 3.63) is 96.4 Å². The molecule has 0 saturated heterocycles. The summed E-state index contributed by atoms with van der Waals surface area (Å²) >= 11 is 0. The zero-order chi connectivity index (χ0) is 24.0. The minimum Gasteiger partial charge on any atom is -0.494 e. The predicted octanol–water partition coefficient (Wildman–Crippen LogP) is 4.90. The molecule has 3 aromatic carbocycles. The van der Waals surface area contributed by atoms with E-state index in [2.05, 4.69) is 9.71 Å². The summed E-state index contributed by atoms with van der Waals surface area (Å²) in [5.74, 6) is 0.276. The van der Waals surface area contributed by atoms with Crippen LogP contribution >= 0.6 is 0 Å². The van der Waals surface area contributed by atoms with E-state index in [-0.39, 0.29) is 22.8 Å². The molecule has 0 aliphatic heterocycles. The predicted molar refractivity (Wildman–Crippen MR) is 126 cm³/mol. The summed E-state index contributed by atoms with van der Waals surface area (Å²) in [4.78, 5) is 17.1. The van der Waals surface area contributed by atoms with Gasteiger partial charge in [-0.05, 0) is 55.5 Å². The number of benzene rings is 3. The van der Waals surface area contributed by atoms with Gasteiger partial charge in [0.15, 0.2) is 0 Å². The van der Waals surface area contributed by atoms with Gasteiger partial charge in [0.25, 0.3) is 10.0 Å². The molecular formula is C25H22N2O6S. The molecule has 1 N–H and O–H groups in total. The zero-order valence-corrected chi connectivity index (χ0v) is 19.1. The van der Waals surface area contributed by atoms with Crippen molar-refractivity contribution in [3.8, 4) is 17.2 Å². The summed E-state index contributed by atoms with van der Waals surface area (Å²) in [7, 11) is -3.94. The van der Waals surface area contributed by atoms with Gasteiger partial charge in [0.05, 0.1) is 22.8 Å². The maximum absolute atomic E-state index is 12.8. The van der Waals surface area contributed by atoms with E-state index in [1.807, 2.05) is 37.3 Å². The van der Waals surface area contributed by atoms with Gasteiger partial charge in [-0.1, -0.05) is 30.3 Å². The number of para-hydroxylation sites is 1. The van der Waals surface area contributed by atoms with Crippen molar-refractivity contribution in [3.63, 3.8) is 0 Å². The van der Waals surface area contributed by atoms with Crippen LogP contribution < -0.4 is 9.46 Å². The van der Waals surface area contributed by atoms with E-state index in [4.69, 9.17) is 13.9 Å². The lowest BCUT2D eigenvalue weighted by Crippen LogP contribution is -2.16. The number of esters is 1. The Hall–Kier alpha value is -4.11. The number of carbonyl (C=O) groups excluding carboxylic acids is 1. The molecule has 0 unspecified atom stereocenters. The summed E-state index contributed by atoms with van der Waals surface area (Å²) in [6.07, 6.45) is 1.41. The van der Waals surface area contributed by atoms with E-state index in [1.165, 1.54) is 30.5 Å². The molecule has 0 saturated carbocycles. The fraction of sp³-hybridized carbons (Fsp3) is 0.120. The molecule has 1 aromatic heterocycles. The van der Waals surface area contributed by atoms with Gasteiger partial charge in [-0.2, -0.15) is 0 Å². The molecule has 1 heterocycles. The third kappa shape index (κ3) is 5.44. The Morgan fingerprint density at radius 1 is 0.971 bits per heavy atom. The fourth-order valence-corrected chi connectivity index (χ4v) is 4.22. The van der Waals surface area contributed by atoms with Crippen molar-refractivity contribution in [2.75, 3.05) is 11.3 Å². The van der Waals surface area contributed by atoms with Gasteiger partial charge in [-0.15, -0.1) is 0 Å². The lowest BCUT2D eigenvalue weighted by molar-refractivity contribution is 0.0469. The second-order valence-electron chi connectivity index (χ2n) is 7.14. The molecule has 34 heavy (non-hydrogen) atoms. The monoisotopic (exact) mass is 478 g/mol. The molecule has 0 spiro atoms. The van der Waals surface area contributed by atoms with Crippen molar-refractivity contribution in [1.29, 1.82) is 0 Å². The Kier molecular flexibility index (Phi) is 6.93. The Morgan fingerprint density at radius 3 is 2.41 bits per heavy atom. The number of sulfonamides is 1. The molecule has 8 nitrogen and oxygen atoms in total. The van der Waals surface area contributed by atoms with E-state index in [0.717, 1.165) is 5.56 Å². The van der Waals surface area contributed by atoms with Crippen molar-refractivity contribution >= 4 is 21.7 Å². The van der Waals surface area contributed by atoms with Crippen molar-refractivity contribution < 1.29 is 27.1 Å². The number of hydrogen-bond acceptors (Lipinski definition) is 7. The standard InChI is InChI=1S/C25H22N2O6S/c1-2-31-20-12-14-21(15-13-20)34(29,30)27-23-11-7-6-10-22(23)25(28)33-17-19-16-32-24(26-19)18-8-4-3-5-9-18/h3-16,27H,2,17H2,1H3. The Bertz CT molecular complexity index is 1370. The summed E-state index contributed by atoms with van der Waals surface area (Å²) in [5, 5.41) is 0. The Morgan fingerprint density at radius 2 is 1.68 bits per heavy atom. The smallest absolute Gasteiger partial charge is 0.340 e. The highest BCUT2D eigenvalue weighted by Gasteiger charge is 2.20. The summed E-state index contributed by atoms with van der Waals surface area (Å²) in [6.45, 7) is 2.18. The molecule has 174 valence electrons. The lowest BCUT2D eigenvalue weighted by atomic mass is 10.2. The van der Waals surface area contributed by atoms with Crippen molar-refractivity contribution in [2.24, 2.45) is 0 Å². The second kappa shape index (κ2) is 10.2. The maximum atomic E-state index is 12.8. The first kappa shape index (κ1) is 23.1. The van der Waals surface area contributed by atoms with Crippen LogP contribution in [-0.4, -0.2) is 26.0 Å². The number of nitrogens with zero attached hydrogens (tertiary/aromatic N) is 1. The number of oxazole rings is 1. The van der Waals surface area contributed by atoms with Crippen molar-refractivity contribution in [2.45, 2.75) is 18.4 Å². The molecule has 0 bridgehead atoms. The van der Waals surface area contributed by atoms with Crippen LogP contribution in [0.2, 0.25) is 0 Å². The van der Waals surface area contributed by atoms with E-state index >= 15 is 0 Å². The molecule has 4 rings (SSSR count). The maximum Gasteiger partial charge on any atom is 0.340 e. The van der Waals surface area contributed by atoms with E-state index in [1.54, 1.807) is 24.3 Å². The SMILES string of the molecule is CCOc1ccc(S(=O)(=O)Nc2ccccc2C(=O)OCc2coc(-c3ccccc3)n2)cc1. The number of aromatic nitrogens is 1. The normalized spacial score (nSPS) is 11.1. The van der Waals surface area contributed by atoms with Gasteiger partial charge in [-0.3, -0.25) is 4.72 Å². The third-order valence-corrected chi connectivity index (χ3v) is 6.14. The average Bonchev–Trinajstić information content (AvgIpc) is 3.33. The van der Waals surface area contributed by atoms with E-state index < -0.39 is 16.0 Å². The number of hydrogen-bond donors (Lipinski definition) is 1. The quantitative estimate of drug-likeness (QED) is 0.341. The molecule has 0 amide bonds. The molecule has 0 radical (unpaired) electrons. The lowest BCUT2D eigenvalue weighted by Gasteiger charge is -2.12. The van der Waals surface area contributed by atoms with Crippen LogP contribution in [0.3, 0.4) is 0 Å². The summed E-state index contributed by atoms with van der Waals surface area (Å²) in [5.41, 5.74) is 1.41. The molecular weight excluding hydrogens is 456 g/mol. The number of ether oxygens (including phenoxy) is 2. The van der Waals surface area contributed by atoms with Gasteiger partial charge in [0, 0.05) is 5.56 Å². The van der Waals surface area contributed by atoms with Crippen LogP contribution in [0.25, 0.3) is 11.5 Å². The van der Waals surface area contributed by atoms with Crippen LogP contribution in [0.15, 0.2) is 94.4 Å². The van der Waals surface area contributed by atoms with Gasteiger partial charge in [0.2, 0.25) is 5.89 Å². The Labute approximate surface area is 197 Å². The highest BCUT2D eigenvalue weighted by atomic mass is 32.2. The molecule has 0 aliphatic rings. The highest BCUT2D eigenvalue weighted by Crippen LogP contribution is 2.23. The van der Waals surface area contributed by atoms with Gasteiger partial charge in [0.1, 0.15) is 24.3 Å². The molecule has 0 fully saturated rings. The number of rotatable bonds is 9. The zero-order valence-electron chi connectivity index (χ0n) is 18.3. The first-order valence-electron chi connectivity index (χ1n) is 10.5. The minimum absolute atomic E-state index is 0.0372. The van der Waals surface area contributed by atoms with Crippen molar-refractivity contribution in [1.82, 2.24) is 4.98 Å². The minimum atomic E-state index is -3.94. The summed E-state index contributed by atoms with van der Waals surface area (Å²) < 4.78 is 44.3. The van der Waals surface area contributed by atoms with Crippen LogP contribution in [0.5, 0.6) is 5.75 Å². The Balaban J connectivity index is 1.45. The third-order valence-electron chi connectivity index (χ3n) is 4.76. The molecule has 9 heteroatoms. The van der Waals surface area contributed by atoms with Gasteiger partial charge < -0.3 is 13.9 Å². The highest BCUT2D eigenvalue weighted by molar-refractivity contribution is 7.92. The first-order valence-corrected chi connectivity index (χ1v) is 12.0. The van der Waals surface area contributed by atoms with Gasteiger partial charge in [-0.25, -0.2) is 18.2 Å². The first-order chi connectivity index (χ1) is 16.5. The number of anilines is 1. The average molecular weight is 479 g/mol. The molecule has 0 atom stereocenters. The van der Waals surface area contributed by atoms with Crippen LogP contribution in [0.4, 0.5) is 5.69 Å². The van der Waals surface area contributed by atoms with E-state index in [0.29, 0.717) is 23.9 Å². The van der Waals surface area contributed by atoms with Gasteiger partial charge >= 0.3 is 5.97 Å². The number of nitrogens with one attached hydrogen (secondary N) is 1.